The highest BCUT2D eigenvalue weighted by Crippen LogP contribution is 2.29. The van der Waals surface area contributed by atoms with E-state index in [4.69, 9.17) is 9.47 Å². The quantitative estimate of drug-likeness (QED) is 0.784. The van der Waals surface area contributed by atoms with Crippen LogP contribution in [0.2, 0.25) is 0 Å². The lowest BCUT2D eigenvalue weighted by Crippen LogP contribution is -2.45. The van der Waals surface area contributed by atoms with Gasteiger partial charge in [0.1, 0.15) is 12.6 Å². The van der Waals surface area contributed by atoms with Crippen molar-refractivity contribution in [2.45, 2.75) is 51.3 Å². The number of rotatable bonds is 5. The number of likely N-dealkylation sites (tertiary alicyclic amines) is 1. The molecular weight excluding hydrogens is 282 g/mol. The van der Waals surface area contributed by atoms with E-state index in [1.54, 1.807) is 4.90 Å². The Morgan fingerprint density at radius 1 is 1.23 bits per heavy atom. The van der Waals surface area contributed by atoms with Crippen LogP contribution < -0.4 is 0 Å². The standard InChI is InChI=1S/C17H23NO4/c1-3-7-14-10-11-15(16(19)21-2)18(14)17(20)22-12-13-8-5-4-6-9-13/h4-6,8-9,14-15H,3,7,10-12H2,1-2H3/t14-,15-/m0/s1. The van der Waals surface area contributed by atoms with Gasteiger partial charge in [-0.15, -0.1) is 0 Å². The largest absolute Gasteiger partial charge is 0.467 e. The lowest BCUT2D eigenvalue weighted by atomic mass is 10.1. The van der Waals surface area contributed by atoms with E-state index >= 15 is 0 Å². The summed E-state index contributed by atoms with van der Waals surface area (Å²) in [5.41, 5.74) is 0.928. The van der Waals surface area contributed by atoms with Crippen LogP contribution in [-0.2, 0) is 20.9 Å². The van der Waals surface area contributed by atoms with Crippen molar-refractivity contribution < 1.29 is 19.1 Å². The summed E-state index contributed by atoms with van der Waals surface area (Å²) in [6, 6.07) is 9.04. The van der Waals surface area contributed by atoms with Gasteiger partial charge < -0.3 is 9.47 Å². The molecule has 0 radical (unpaired) electrons. The fourth-order valence-corrected chi connectivity index (χ4v) is 2.94. The first kappa shape index (κ1) is 16.3. The van der Waals surface area contributed by atoms with Crippen molar-refractivity contribution >= 4 is 12.1 Å². The fourth-order valence-electron chi connectivity index (χ4n) is 2.94. The topological polar surface area (TPSA) is 55.8 Å². The monoisotopic (exact) mass is 305 g/mol. The third-order valence-electron chi connectivity index (χ3n) is 4.01. The van der Waals surface area contributed by atoms with Crippen molar-refractivity contribution in [1.29, 1.82) is 0 Å². The van der Waals surface area contributed by atoms with Gasteiger partial charge in [-0.1, -0.05) is 43.7 Å². The van der Waals surface area contributed by atoms with Gasteiger partial charge in [0.25, 0.3) is 0 Å². The summed E-state index contributed by atoms with van der Waals surface area (Å²) in [5.74, 6) is -0.365. The van der Waals surface area contributed by atoms with Crippen LogP contribution in [0.25, 0.3) is 0 Å². The molecule has 120 valence electrons. The molecule has 0 saturated carbocycles. The average molecular weight is 305 g/mol. The molecule has 2 atom stereocenters. The Bertz CT molecular complexity index is 503. The zero-order valence-electron chi connectivity index (χ0n) is 13.2. The van der Waals surface area contributed by atoms with Crippen LogP contribution in [0.3, 0.4) is 0 Å². The summed E-state index contributed by atoms with van der Waals surface area (Å²) in [7, 11) is 1.35. The normalized spacial score (nSPS) is 20.7. The zero-order chi connectivity index (χ0) is 15.9. The summed E-state index contributed by atoms with van der Waals surface area (Å²) >= 11 is 0. The molecule has 22 heavy (non-hydrogen) atoms. The van der Waals surface area contributed by atoms with Gasteiger partial charge in [-0.05, 0) is 24.8 Å². The summed E-state index contributed by atoms with van der Waals surface area (Å²) in [4.78, 5) is 25.9. The molecule has 1 aliphatic heterocycles. The Balaban J connectivity index is 2.03. The first-order valence-electron chi connectivity index (χ1n) is 7.74. The molecule has 1 aromatic carbocycles. The van der Waals surface area contributed by atoms with Crippen molar-refractivity contribution in [2.24, 2.45) is 0 Å². The molecule has 1 saturated heterocycles. The molecule has 2 rings (SSSR count). The number of methoxy groups -OCH3 is 1. The van der Waals surface area contributed by atoms with Crippen LogP contribution in [0.5, 0.6) is 0 Å². The number of hydrogen-bond donors (Lipinski definition) is 0. The Kier molecular flexibility index (Phi) is 5.81. The molecular formula is C17H23NO4. The first-order chi connectivity index (χ1) is 10.7. The van der Waals surface area contributed by atoms with Gasteiger partial charge in [0.2, 0.25) is 0 Å². The van der Waals surface area contributed by atoms with E-state index in [1.165, 1.54) is 7.11 Å². The zero-order valence-corrected chi connectivity index (χ0v) is 13.2. The maximum absolute atomic E-state index is 12.4. The Morgan fingerprint density at radius 3 is 2.59 bits per heavy atom. The van der Waals surface area contributed by atoms with Gasteiger partial charge >= 0.3 is 12.1 Å². The number of carbonyl (C=O) groups excluding carboxylic acids is 2. The fraction of sp³-hybridized carbons (Fsp3) is 0.529. The van der Waals surface area contributed by atoms with Crippen LogP contribution in [0, 0.1) is 0 Å². The summed E-state index contributed by atoms with van der Waals surface area (Å²) < 4.78 is 10.2. The highest BCUT2D eigenvalue weighted by Gasteiger charge is 2.42. The second kappa shape index (κ2) is 7.82. The van der Waals surface area contributed by atoms with Gasteiger partial charge in [-0.2, -0.15) is 0 Å². The van der Waals surface area contributed by atoms with Gasteiger partial charge in [-0.25, -0.2) is 9.59 Å². The van der Waals surface area contributed by atoms with E-state index in [0.717, 1.165) is 24.8 Å². The minimum atomic E-state index is -0.523. The molecule has 1 amide bonds. The molecule has 0 aliphatic carbocycles. The molecule has 1 fully saturated rings. The molecule has 5 heteroatoms. The number of benzene rings is 1. The minimum Gasteiger partial charge on any atom is -0.467 e. The highest BCUT2D eigenvalue weighted by molar-refractivity contribution is 5.82. The molecule has 0 bridgehead atoms. The maximum Gasteiger partial charge on any atom is 0.411 e. The van der Waals surface area contributed by atoms with Gasteiger partial charge in [0.05, 0.1) is 7.11 Å². The Morgan fingerprint density at radius 2 is 1.95 bits per heavy atom. The number of ether oxygens (including phenoxy) is 2. The number of amides is 1. The van der Waals surface area contributed by atoms with Crippen molar-refractivity contribution in [3.8, 4) is 0 Å². The molecule has 5 nitrogen and oxygen atoms in total. The number of esters is 1. The molecule has 0 unspecified atom stereocenters. The van der Waals surface area contributed by atoms with Gasteiger partial charge in [0, 0.05) is 6.04 Å². The third-order valence-corrected chi connectivity index (χ3v) is 4.01. The molecule has 1 aliphatic rings. The summed E-state index contributed by atoms with van der Waals surface area (Å²) in [6.45, 7) is 2.28. The maximum atomic E-state index is 12.4. The van der Waals surface area contributed by atoms with E-state index < -0.39 is 12.1 Å². The van der Waals surface area contributed by atoms with E-state index in [9.17, 15) is 9.59 Å². The van der Waals surface area contributed by atoms with Crippen molar-refractivity contribution in [1.82, 2.24) is 4.90 Å². The van der Waals surface area contributed by atoms with Crippen LogP contribution in [0.4, 0.5) is 4.79 Å². The predicted octanol–water partition coefficient (Wildman–Crippen LogP) is 3.13. The van der Waals surface area contributed by atoms with E-state index in [1.807, 2.05) is 30.3 Å². The predicted molar refractivity (Wildman–Crippen MR) is 82.2 cm³/mol. The lowest BCUT2D eigenvalue weighted by Gasteiger charge is -2.28. The third kappa shape index (κ3) is 3.78. The molecule has 1 aromatic rings. The van der Waals surface area contributed by atoms with Gasteiger partial charge in [0.15, 0.2) is 0 Å². The van der Waals surface area contributed by atoms with Crippen molar-refractivity contribution in [3.63, 3.8) is 0 Å². The van der Waals surface area contributed by atoms with Crippen LogP contribution >= 0.6 is 0 Å². The van der Waals surface area contributed by atoms with Crippen LogP contribution in [0.1, 0.15) is 38.2 Å². The van der Waals surface area contributed by atoms with Gasteiger partial charge in [-0.3, -0.25) is 4.90 Å². The van der Waals surface area contributed by atoms with E-state index in [0.29, 0.717) is 6.42 Å². The van der Waals surface area contributed by atoms with Crippen LogP contribution in [-0.4, -0.2) is 36.2 Å². The van der Waals surface area contributed by atoms with Crippen molar-refractivity contribution in [2.75, 3.05) is 7.11 Å². The van der Waals surface area contributed by atoms with E-state index in [-0.39, 0.29) is 18.6 Å². The molecule has 1 heterocycles. The average Bonchev–Trinajstić information content (AvgIpc) is 2.97. The second-order valence-corrected chi connectivity index (χ2v) is 5.51. The first-order valence-corrected chi connectivity index (χ1v) is 7.74. The molecule has 0 spiro atoms. The number of nitrogens with zero attached hydrogens (tertiary/aromatic N) is 1. The number of hydrogen-bond acceptors (Lipinski definition) is 4. The highest BCUT2D eigenvalue weighted by atomic mass is 16.6. The smallest absolute Gasteiger partial charge is 0.411 e. The van der Waals surface area contributed by atoms with Crippen molar-refractivity contribution in [3.05, 3.63) is 35.9 Å². The van der Waals surface area contributed by atoms with E-state index in [2.05, 4.69) is 6.92 Å². The van der Waals surface area contributed by atoms with Crippen LogP contribution in [0.15, 0.2) is 30.3 Å². The Labute approximate surface area is 131 Å². The molecule has 0 aromatic heterocycles. The second-order valence-electron chi connectivity index (χ2n) is 5.51. The Hall–Kier alpha value is -2.04. The minimum absolute atomic E-state index is 0.0531. The lowest BCUT2D eigenvalue weighted by molar-refractivity contribution is -0.145. The number of carbonyl (C=O) groups is 2. The summed E-state index contributed by atoms with van der Waals surface area (Å²) in [6.07, 6.45) is 2.84. The SMILES string of the molecule is CCC[C@H]1CC[C@@H](C(=O)OC)N1C(=O)OCc1ccccc1. The molecule has 0 N–H and O–H groups in total. The summed E-state index contributed by atoms with van der Waals surface area (Å²) in [5, 5.41) is 0.